The largest absolute Gasteiger partial charge is 0.309 e. The lowest BCUT2D eigenvalue weighted by molar-refractivity contribution is 1.07. The Morgan fingerprint density at radius 2 is 0.534 bits per heavy atom. The summed E-state index contributed by atoms with van der Waals surface area (Å²) in [5.74, 6) is 1.77. The van der Waals surface area contributed by atoms with Gasteiger partial charge in [0.1, 0.15) is 0 Å². The molecule has 0 saturated heterocycles. The normalized spacial score (nSPS) is 11.9. The number of hydrogen-bond donors (Lipinski definition) is 0. The van der Waals surface area contributed by atoms with E-state index in [0.29, 0.717) is 17.5 Å². The number of fused-ring (bicyclic) bond motifs is 12. The van der Waals surface area contributed by atoms with E-state index in [1.54, 1.807) is 0 Å². The lowest BCUT2D eigenvalue weighted by Gasteiger charge is -2.17. The second-order valence-electron chi connectivity index (χ2n) is 22.7. The van der Waals surface area contributed by atoms with Crippen LogP contribution in [0.1, 0.15) is 0 Å². The summed E-state index contributed by atoms with van der Waals surface area (Å²) in [6, 6.07) is 111. The van der Waals surface area contributed by atoms with E-state index in [2.05, 4.69) is 309 Å². The SMILES string of the molecule is c1ccc(-c2nc(-c3cccc(-n4c5ccccc5c5ccccc54)c3)nc(-c3ccc(-c4ccc5c(c4)c4ccc(-c6ccc7c(c6)c6ccccc6n7-c6ccccc6)cc4n5-c4ccccc4)c(-n4c5ccccc5c5ccccc54)c3)n2)cc1. The Morgan fingerprint density at radius 1 is 0.182 bits per heavy atom. The molecule has 5 aromatic heterocycles. The minimum Gasteiger partial charge on any atom is -0.309 e. The molecular weight excluding hydrogens is 1070 g/mol. The van der Waals surface area contributed by atoms with Crippen LogP contribution in [0.15, 0.2) is 309 Å². The van der Waals surface area contributed by atoms with Crippen LogP contribution in [0.3, 0.4) is 0 Å². The van der Waals surface area contributed by atoms with Gasteiger partial charge < -0.3 is 18.3 Å². The van der Waals surface area contributed by atoms with Crippen LogP contribution in [0.25, 0.3) is 166 Å². The second kappa shape index (κ2) is 19.8. The summed E-state index contributed by atoms with van der Waals surface area (Å²) in [7, 11) is 0. The molecule has 5 heterocycles. The quantitative estimate of drug-likeness (QED) is 0.145. The predicted octanol–water partition coefficient (Wildman–Crippen LogP) is 20.6. The Hall–Kier alpha value is -11.9. The Balaban J connectivity index is 0.823. The van der Waals surface area contributed by atoms with Gasteiger partial charge in [0.15, 0.2) is 17.5 Å². The first kappa shape index (κ1) is 49.5. The maximum atomic E-state index is 5.43. The Labute approximate surface area is 506 Å². The second-order valence-corrected chi connectivity index (χ2v) is 22.7. The van der Waals surface area contributed by atoms with E-state index in [9.17, 15) is 0 Å². The molecule has 0 unspecified atom stereocenters. The fraction of sp³-hybridized carbons (Fsp3) is 0. The van der Waals surface area contributed by atoms with Crippen LogP contribution in [0.2, 0.25) is 0 Å². The summed E-state index contributed by atoms with van der Waals surface area (Å²) in [5.41, 5.74) is 20.6. The molecule has 18 rings (SSSR count). The standard InChI is InChI=1S/C81H51N7/c1-4-21-52(22-5-1)79-82-80(56-23-20-28-60(47-56)87-70-34-15-10-29-62(70)63-30-11-16-35-71(63)87)84-81(83-79)57-40-43-61(77(51-57)88-73-37-18-12-31-64(73)65-32-13-19-38-74(65)88)55-42-46-76-69(49-55)67-44-39-54(50-78(67)86(76)59-26-8-3-9-27-59)53-41-45-75-68(48-53)66-33-14-17-36-72(66)85(75)58-24-6-2-7-25-58/h1-51H. The number of aromatic nitrogens is 7. The molecule has 7 nitrogen and oxygen atoms in total. The molecule has 0 saturated carbocycles. The Bertz CT molecular complexity index is 5700. The van der Waals surface area contributed by atoms with Crippen molar-refractivity contribution in [3.05, 3.63) is 309 Å². The van der Waals surface area contributed by atoms with Gasteiger partial charge in [-0.2, -0.15) is 0 Å². The van der Waals surface area contributed by atoms with Crippen LogP contribution in [-0.2, 0) is 0 Å². The Kier molecular flexibility index (Phi) is 11.2. The third-order valence-electron chi connectivity index (χ3n) is 17.8. The number of rotatable bonds is 9. The minimum atomic E-state index is 0.581. The number of benzene rings is 13. The maximum Gasteiger partial charge on any atom is 0.164 e. The van der Waals surface area contributed by atoms with Gasteiger partial charge >= 0.3 is 0 Å². The molecule has 13 aromatic carbocycles. The van der Waals surface area contributed by atoms with Gasteiger partial charge in [-0.05, 0) is 120 Å². The van der Waals surface area contributed by atoms with Crippen LogP contribution in [0.5, 0.6) is 0 Å². The zero-order valence-corrected chi connectivity index (χ0v) is 47.6. The molecule has 0 amide bonds. The highest BCUT2D eigenvalue weighted by Crippen LogP contribution is 2.43. The van der Waals surface area contributed by atoms with E-state index >= 15 is 0 Å². The van der Waals surface area contributed by atoms with Gasteiger partial charge in [0.2, 0.25) is 0 Å². The summed E-state index contributed by atoms with van der Waals surface area (Å²) in [5, 5.41) is 9.59. The lowest BCUT2D eigenvalue weighted by Crippen LogP contribution is -2.03. The van der Waals surface area contributed by atoms with Gasteiger partial charge in [-0.1, -0.05) is 206 Å². The minimum absolute atomic E-state index is 0.581. The van der Waals surface area contributed by atoms with E-state index in [1.807, 2.05) is 18.2 Å². The molecule has 0 atom stereocenters. The molecule has 0 aliphatic carbocycles. The van der Waals surface area contributed by atoms with Crippen molar-refractivity contribution in [3.8, 4) is 79.2 Å². The highest BCUT2D eigenvalue weighted by molar-refractivity contribution is 6.15. The monoisotopic (exact) mass is 1120 g/mol. The summed E-state index contributed by atoms with van der Waals surface area (Å²) in [4.78, 5) is 16.0. The van der Waals surface area contributed by atoms with Crippen LogP contribution < -0.4 is 0 Å². The van der Waals surface area contributed by atoms with Crippen LogP contribution in [-0.4, -0.2) is 33.2 Å². The summed E-state index contributed by atoms with van der Waals surface area (Å²) < 4.78 is 9.57. The summed E-state index contributed by atoms with van der Waals surface area (Å²) in [6.45, 7) is 0. The van der Waals surface area contributed by atoms with Crippen molar-refractivity contribution >= 4 is 87.2 Å². The molecule has 0 fully saturated rings. The zero-order valence-electron chi connectivity index (χ0n) is 47.6. The summed E-state index contributed by atoms with van der Waals surface area (Å²) >= 11 is 0. The van der Waals surface area contributed by atoms with E-state index < -0.39 is 0 Å². The maximum absolute atomic E-state index is 5.43. The molecule has 18 aromatic rings. The van der Waals surface area contributed by atoms with E-state index in [0.717, 1.165) is 89.2 Å². The Morgan fingerprint density at radius 3 is 1.09 bits per heavy atom. The molecule has 0 aliphatic heterocycles. The molecule has 0 spiro atoms. The van der Waals surface area contributed by atoms with Crippen molar-refractivity contribution in [2.45, 2.75) is 0 Å². The number of nitrogens with zero attached hydrogens (tertiary/aromatic N) is 7. The van der Waals surface area contributed by atoms with Crippen molar-refractivity contribution in [1.82, 2.24) is 33.2 Å². The fourth-order valence-corrected chi connectivity index (χ4v) is 13.8. The summed E-state index contributed by atoms with van der Waals surface area (Å²) in [6.07, 6.45) is 0. The molecule has 410 valence electrons. The highest BCUT2D eigenvalue weighted by atomic mass is 15.0. The zero-order chi connectivity index (χ0) is 57.8. The van der Waals surface area contributed by atoms with Crippen LogP contribution >= 0.6 is 0 Å². The number of hydrogen-bond acceptors (Lipinski definition) is 3. The van der Waals surface area contributed by atoms with Gasteiger partial charge in [0.05, 0.1) is 49.8 Å². The first-order chi connectivity index (χ1) is 43.6. The third kappa shape index (κ3) is 7.81. The van der Waals surface area contributed by atoms with Gasteiger partial charge in [-0.3, -0.25) is 0 Å². The van der Waals surface area contributed by atoms with Crippen molar-refractivity contribution in [2.75, 3.05) is 0 Å². The van der Waals surface area contributed by atoms with Gasteiger partial charge in [0.25, 0.3) is 0 Å². The van der Waals surface area contributed by atoms with Crippen molar-refractivity contribution < 1.29 is 0 Å². The molecule has 0 aliphatic rings. The first-order valence-electron chi connectivity index (χ1n) is 29.9. The van der Waals surface area contributed by atoms with E-state index in [1.165, 1.54) is 59.7 Å². The molecule has 88 heavy (non-hydrogen) atoms. The van der Waals surface area contributed by atoms with E-state index in [4.69, 9.17) is 15.0 Å². The molecular formula is C81H51N7. The van der Waals surface area contributed by atoms with Gasteiger partial charge in [-0.15, -0.1) is 0 Å². The lowest BCUT2D eigenvalue weighted by atomic mass is 9.98. The smallest absolute Gasteiger partial charge is 0.164 e. The number of para-hydroxylation sites is 7. The van der Waals surface area contributed by atoms with E-state index in [-0.39, 0.29) is 0 Å². The highest BCUT2D eigenvalue weighted by Gasteiger charge is 2.23. The first-order valence-corrected chi connectivity index (χ1v) is 29.9. The molecule has 0 bridgehead atoms. The third-order valence-corrected chi connectivity index (χ3v) is 17.8. The van der Waals surface area contributed by atoms with Crippen LogP contribution in [0, 0.1) is 0 Å². The van der Waals surface area contributed by atoms with Crippen molar-refractivity contribution in [1.29, 1.82) is 0 Å². The predicted molar refractivity (Wildman–Crippen MR) is 364 cm³/mol. The topological polar surface area (TPSA) is 58.4 Å². The fourth-order valence-electron chi connectivity index (χ4n) is 13.8. The van der Waals surface area contributed by atoms with Gasteiger partial charge in [0, 0.05) is 82.4 Å². The molecule has 0 N–H and O–H groups in total. The average molecular weight is 1120 g/mol. The van der Waals surface area contributed by atoms with Gasteiger partial charge in [-0.25, -0.2) is 15.0 Å². The molecule has 0 radical (unpaired) electrons. The molecule has 7 heteroatoms. The average Bonchev–Trinajstić information content (AvgIpc) is 3.17. The van der Waals surface area contributed by atoms with Crippen molar-refractivity contribution in [3.63, 3.8) is 0 Å². The van der Waals surface area contributed by atoms with Crippen LogP contribution in [0.4, 0.5) is 0 Å². The van der Waals surface area contributed by atoms with Crippen molar-refractivity contribution in [2.24, 2.45) is 0 Å².